The van der Waals surface area contributed by atoms with Gasteiger partial charge < -0.3 is 10.2 Å². The SMILES string of the molecule is CCCCC(=NC)/C(=C/c1ccc(N(C)C)cc1)C(=O)Nc1ccc(S(=O)(=O)O)cc1. The monoisotopic (exact) mass is 443 g/mol. The first-order valence-electron chi connectivity index (χ1n) is 9.99. The number of nitrogens with one attached hydrogen (secondary N) is 1. The molecule has 0 unspecified atom stereocenters. The summed E-state index contributed by atoms with van der Waals surface area (Å²) in [5, 5.41) is 2.79. The van der Waals surface area contributed by atoms with Crippen LogP contribution in [0, 0.1) is 0 Å². The maximum absolute atomic E-state index is 13.1. The lowest BCUT2D eigenvalue weighted by Crippen LogP contribution is -2.21. The number of nitrogens with zero attached hydrogens (tertiary/aromatic N) is 2. The number of carbonyl (C=O) groups excluding carboxylic acids is 1. The Labute approximate surface area is 184 Å². The maximum atomic E-state index is 13.1. The number of unbranched alkanes of at least 4 members (excludes halogenated alkanes) is 1. The Morgan fingerprint density at radius 3 is 2.19 bits per heavy atom. The molecule has 0 fully saturated rings. The first-order chi connectivity index (χ1) is 14.7. The molecule has 2 aromatic carbocycles. The summed E-state index contributed by atoms with van der Waals surface area (Å²) >= 11 is 0. The summed E-state index contributed by atoms with van der Waals surface area (Å²) in [6.45, 7) is 2.08. The standard InChI is InChI=1S/C23H29N3O4S/c1-5-6-7-22(24-2)21(16-17-8-12-19(13-9-17)26(3)4)23(27)25-18-10-14-20(15-11-18)31(28,29)30/h8-16H,5-7H2,1-4H3,(H,25,27)(H,28,29,30)/b21-16-,24-22?. The van der Waals surface area contributed by atoms with E-state index in [1.165, 1.54) is 24.3 Å². The number of hydrogen-bond acceptors (Lipinski definition) is 5. The Bertz CT molecular complexity index is 1060. The second kappa shape index (κ2) is 10.9. The van der Waals surface area contributed by atoms with E-state index < -0.39 is 10.1 Å². The van der Waals surface area contributed by atoms with E-state index in [2.05, 4.69) is 17.2 Å². The molecule has 2 rings (SSSR count). The third-order valence-electron chi connectivity index (χ3n) is 4.72. The number of hydrogen-bond donors (Lipinski definition) is 2. The highest BCUT2D eigenvalue weighted by atomic mass is 32.2. The zero-order valence-electron chi connectivity index (χ0n) is 18.3. The largest absolute Gasteiger partial charge is 0.378 e. The van der Waals surface area contributed by atoms with Gasteiger partial charge in [-0.05, 0) is 60.9 Å². The van der Waals surface area contributed by atoms with Crippen molar-refractivity contribution in [2.24, 2.45) is 4.99 Å². The van der Waals surface area contributed by atoms with Crippen LogP contribution in [0.1, 0.15) is 31.7 Å². The van der Waals surface area contributed by atoms with Gasteiger partial charge >= 0.3 is 0 Å². The Morgan fingerprint density at radius 1 is 1.10 bits per heavy atom. The van der Waals surface area contributed by atoms with Crippen molar-refractivity contribution in [2.45, 2.75) is 31.1 Å². The maximum Gasteiger partial charge on any atom is 0.294 e. The van der Waals surface area contributed by atoms with E-state index in [9.17, 15) is 13.2 Å². The van der Waals surface area contributed by atoms with Gasteiger partial charge in [0.25, 0.3) is 16.0 Å². The van der Waals surface area contributed by atoms with Gasteiger partial charge in [0.15, 0.2) is 0 Å². The molecule has 0 spiro atoms. The highest BCUT2D eigenvalue weighted by molar-refractivity contribution is 7.85. The molecule has 2 aromatic rings. The predicted octanol–water partition coefficient (Wildman–Crippen LogP) is 4.28. The van der Waals surface area contributed by atoms with E-state index in [4.69, 9.17) is 4.55 Å². The van der Waals surface area contributed by atoms with Gasteiger partial charge in [0.2, 0.25) is 0 Å². The number of carbonyl (C=O) groups is 1. The van der Waals surface area contributed by atoms with E-state index in [1.807, 2.05) is 43.3 Å². The third-order valence-corrected chi connectivity index (χ3v) is 5.59. The van der Waals surface area contributed by atoms with E-state index in [0.29, 0.717) is 23.4 Å². The third kappa shape index (κ3) is 7.04. The van der Waals surface area contributed by atoms with Crippen LogP contribution in [0.25, 0.3) is 6.08 Å². The molecule has 7 nitrogen and oxygen atoms in total. The van der Waals surface area contributed by atoms with Gasteiger partial charge in [0.05, 0.1) is 10.5 Å². The molecule has 8 heteroatoms. The molecule has 31 heavy (non-hydrogen) atoms. The molecule has 0 bridgehead atoms. The van der Waals surface area contributed by atoms with Crippen LogP contribution in [0.2, 0.25) is 0 Å². The van der Waals surface area contributed by atoms with E-state index in [1.54, 1.807) is 13.1 Å². The zero-order valence-corrected chi connectivity index (χ0v) is 19.1. The Balaban J connectivity index is 2.35. The van der Waals surface area contributed by atoms with Crippen molar-refractivity contribution >= 4 is 39.2 Å². The first-order valence-corrected chi connectivity index (χ1v) is 11.4. The quantitative estimate of drug-likeness (QED) is 0.342. The van der Waals surface area contributed by atoms with Crippen molar-refractivity contribution in [1.82, 2.24) is 0 Å². The van der Waals surface area contributed by atoms with Gasteiger partial charge in [-0.15, -0.1) is 0 Å². The summed E-state index contributed by atoms with van der Waals surface area (Å²) in [7, 11) is 1.30. The topological polar surface area (TPSA) is 99.1 Å². The molecular formula is C23H29N3O4S. The molecule has 0 heterocycles. The average Bonchev–Trinajstić information content (AvgIpc) is 2.73. The Kier molecular flexibility index (Phi) is 8.53. The fourth-order valence-electron chi connectivity index (χ4n) is 2.94. The molecule has 2 N–H and O–H groups in total. The highest BCUT2D eigenvalue weighted by Gasteiger charge is 2.17. The van der Waals surface area contributed by atoms with E-state index in [0.717, 1.165) is 24.1 Å². The molecule has 0 saturated carbocycles. The van der Waals surface area contributed by atoms with Crippen LogP contribution in [0.3, 0.4) is 0 Å². The highest BCUT2D eigenvalue weighted by Crippen LogP contribution is 2.19. The van der Waals surface area contributed by atoms with Gasteiger partial charge in [-0.25, -0.2) is 0 Å². The zero-order chi connectivity index (χ0) is 23.0. The summed E-state index contributed by atoms with van der Waals surface area (Å²) in [5.74, 6) is -0.340. The van der Waals surface area contributed by atoms with Gasteiger partial charge in [0.1, 0.15) is 0 Å². The molecule has 0 atom stereocenters. The first kappa shape index (κ1) is 24.3. The van der Waals surface area contributed by atoms with Crippen molar-refractivity contribution < 1.29 is 17.8 Å². The molecule has 0 aliphatic heterocycles. The van der Waals surface area contributed by atoms with Crippen LogP contribution >= 0.6 is 0 Å². The normalized spacial score (nSPS) is 12.5. The van der Waals surface area contributed by atoms with Gasteiger partial charge in [-0.3, -0.25) is 14.3 Å². The van der Waals surface area contributed by atoms with Crippen LogP contribution in [0.15, 0.2) is 64.0 Å². The predicted molar refractivity (Wildman–Crippen MR) is 127 cm³/mol. The molecular weight excluding hydrogens is 414 g/mol. The average molecular weight is 444 g/mol. The fraction of sp³-hybridized carbons (Fsp3) is 0.304. The van der Waals surface area contributed by atoms with Crippen molar-refractivity contribution in [3.05, 3.63) is 59.7 Å². The Morgan fingerprint density at radius 2 is 1.71 bits per heavy atom. The van der Waals surface area contributed by atoms with Gasteiger partial charge in [0, 0.05) is 38.2 Å². The minimum atomic E-state index is -4.29. The van der Waals surface area contributed by atoms with Crippen LogP contribution in [-0.4, -0.2) is 45.7 Å². The fourth-order valence-corrected chi connectivity index (χ4v) is 3.42. The molecule has 166 valence electrons. The lowest BCUT2D eigenvalue weighted by atomic mass is 10.0. The van der Waals surface area contributed by atoms with Crippen molar-refractivity contribution in [1.29, 1.82) is 0 Å². The lowest BCUT2D eigenvalue weighted by molar-refractivity contribution is -0.112. The number of aliphatic imine (C=N–C) groups is 1. The molecule has 0 saturated heterocycles. The summed E-state index contributed by atoms with van der Waals surface area (Å²) in [6.07, 6.45) is 4.35. The summed E-state index contributed by atoms with van der Waals surface area (Å²) < 4.78 is 31.5. The van der Waals surface area contributed by atoms with Crippen LogP contribution in [-0.2, 0) is 14.9 Å². The summed E-state index contributed by atoms with van der Waals surface area (Å²) in [6, 6.07) is 13.2. The minimum Gasteiger partial charge on any atom is -0.378 e. The molecule has 0 aliphatic carbocycles. The number of benzene rings is 2. The van der Waals surface area contributed by atoms with Gasteiger partial charge in [-0.2, -0.15) is 8.42 Å². The smallest absolute Gasteiger partial charge is 0.294 e. The summed E-state index contributed by atoms with van der Waals surface area (Å²) in [4.78, 5) is 19.2. The number of rotatable bonds is 9. The van der Waals surface area contributed by atoms with Crippen LogP contribution in [0.4, 0.5) is 11.4 Å². The summed E-state index contributed by atoms with van der Waals surface area (Å²) in [5.41, 5.74) is 3.49. The Hall–Kier alpha value is -2.97. The second-order valence-electron chi connectivity index (χ2n) is 7.27. The van der Waals surface area contributed by atoms with E-state index in [-0.39, 0.29) is 10.8 Å². The van der Waals surface area contributed by atoms with Gasteiger partial charge in [-0.1, -0.05) is 25.5 Å². The molecule has 0 radical (unpaired) electrons. The van der Waals surface area contributed by atoms with E-state index >= 15 is 0 Å². The minimum absolute atomic E-state index is 0.235. The number of amides is 1. The molecule has 1 amide bonds. The van der Waals surface area contributed by atoms with Crippen molar-refractivity contribution in [3.8, 4) is 0 Å². The van der Waals surface area contributed by atoms with Crippen LogP contribution in [0.5, 0.6) is 0 Å². The lowest BCUT2D eigenvalue weighted by Gasteiger charge is -2.14. The molecule has 0 aromatic heterocycles. The van der Waals surface area contributed by atoms with Crippen molar-refractivity contribution in [3.63, 3.8) is 0 Å². The second-order valence-corrected chi connectivity index (χ2v) is 8.69. The van der Waals surface area contributed by atoms with Crippen LogP contribution < -0.4 is 10.2 Å². The molecule has 0 aliphatic rings. The number of anilines is 2. The van der Waals surface area contributed by atoms with Crippen molar-refractivity contribution in [2.75, 3.05) is 31.4 Å².